The number of nitrogens with zero attached hydrogens (tertiary/aromatic N) is 1. The van der Waals surface area contributed by atoms with Gasteiger partial charge in [0.15, 0.2) is 0 Å². The molecule has 130 valence electrons. The largest absolute Gasteiger partial charge is 0.462 e. The number of fused-ring (bicyclic) bond motifs is 1. The number of rotatable bonds is 4. The quantitative estimate of drug-likeness (QED) is 0.664. The fourth-order valence-corrected chi connectivity index (χ4v) is 4.01. The van der Waals surface area contributed by atoms with Gasteiger partial charge in [-0.25, -0.2) is 9.78 Å². The van der Waals surface area contributed by atoms with Gasteiger partial charge in [0.25, 0.3) is 5.56 Å². The van der Waals surface area contributed by atoms with Crippen molar-refractivity contribution >= 4 is 50.7 Å². The van der Waals surface area contributed by atoms with Crippen LogP contribution in [0.2, 0.25) is 10.0 Å². The number of hydrogen-bond acceptors (Lipinski definition) is 5. The van der Waals surface area contributed by atoms with Crippen molar-refractivity contribution in [3.63, 3.8) is 0 Å². The van der Waals surface area contributed by atoms with Crippen molar-refractivity contribution in [1.29, 1.82) is 0 Å². The summed E-state index contributed by atoms with van der Waals surface area (Å²) in [6.45, 7) is 3.72. The van der Waals surface area contributed by atoms with Gasteiger partial charge in [0, 0.05) is 6.42 Å². The van der Waals surface area contributed by atoms with Crippen LogP contribution < -0.4 is 5.56 Å². The second-order valence-electron chi connectivity index (χ2n) is 5.36. The summed E-state index contributed by atoms with van der Waals surface area (Å²) in [4.78, 5) is 32.6. The molecular formula is C17H14Cl2N2O3S. The molecule has 0 saturated heterocycles. The monoisotopic (exact) mass is 396 g/mol. The molecule has 2 aromatic heterocycles. The molecule has 0 fully saturated rings. The standard InChI is InChI=1S/C17H14Cl2N2O3S/c1-3-24-17(23)14-8(2)12-15(22)20-11(21-16(12)25-14)7-9-5-4-6-10(18)13(9)19/h4-6H,3,7H2,1-2H3,(H,20,21,22). The first kappa shape index (κ1) is 17.9. The van der Waals surface area contributed by atoms with Gasteiger partial charge in [-0.15, -0.1) is 11.3 Å². The van der Waals surface area contributed by atoms with E-state index in [4.69, 9.17) is 27.9 Å². The molecule has 0 aliphatic carbocycles. The first-order valence-electron chi connectivity index (χ1n) is 7.54. The Hall–Kier alpha value is -1.89. The number of ether oxygens (including phenoxy) is 1. The lowest BCUT2D eigenvalue weighted by molar-refractivity contribution is 0.0531. The number of esters is 1. The number of thiophene rings is 1. The number of halogens is 2. The molecule has 0 aliphatic rings. The van der Waals surface area contributed by atoms with E-state index in [1.165, 1.54) is 0 Å². The van der Waals surface area contributed by atoms with E-state index in [-0.39, 0.29) is 12.2 Å². The molecule has 0 atom stereocenters. The number of aromatic nitrogens is 2. The van der Waals surface area contributed by atoms with Gasteiger partial charge in [-0.3, -0.25) is 4.79 Å². The zero-order valence-corrected chi connectivity index (χ0v) is 15.8. The van der Waals surface area contributed by atoms with Gasteiger partial charge in [0.1, 0.15) is 15.5 Å². The van der Waals surface area contributed by atoms with E-state index < -0.39 is 5.97 Å². The van der Waals surface area contributed by atoms with Crippen LogP contribution in [-0.4, -0.2) is 22.5 Å². The third-order valence-electron chi connectivity index (χ3n) is 3.70. The van der Waals surface area contributed by atoms with Gasteiger partial charge in [-0.1, -0.05) is 35.3 Å². The molecule has 1 N–H and O–H groups in total. The summed E-state index contributed by atoms with van der Waals surface area (Å²) < 4.78 is 5.03. The summed E-state index contributed by atoms with van der Waals surface area (Å²) in [6, 6.07) is 5.30. The number of aromatic amines is 1. The van der Waals surface area contributed by atoms with E-state index in [1.54, 1.807) is 26.0 Å². The Labute approximate surface area is 157 Å². The van der Waals surface area contributed by atoms with Crippen molar-refractivity contribution in [1.82, 2.24) is 9.97 Å². The van der Waals surface area contributed by atoms with Crippen LogP contribution in [0.15, 0.2) is 23.0 Å². The van der Waals surface area contributed by atoms with Crippen LogP contribution in [0, 0.1) is 6.92 Å². The number of hydrogen-bond donors (Lipinski definition) is 1. The van der Waals surface area contributed by atoms with E-state index in [2.05, 4.69) is 9.97 Å². The first-order chi connectivity index (χ1) is 11.9. The topological polar surface area (TPSA) is 72.0 Å². The molecule has 0 radical (unpaired) electrons. The molecule has 0 amide bonds. The molecule has 3 rings (SSSR count). The van der Waals surface area contributed by atoms with Gasteiger partial charge < -0.3 is 9.72 Å². The average Bonchev–Trinajstić information content (AvgIpc) is 2.89. The number of aryl methyl sites for hydroxylation is 1. The van der Waals surface area contributed by atoms with Crippen LogP contribution in [0.1, 0.15) is 33.5 Å². The molecule has 0 aliphatic heterocycles. The van der Waals surface area contributed by atoms with Crippen LogP contribution in [0.25, 0.3) is 10.2 Å². The highest BCUT2D eigenvalue weighted by molar-refractivity contribution is 7.20. The summed E-state index contributed by atoms with van der Waals surface area (Å²) >= 11 is 13.4. The second-order valence-corrected chi connectivity index (χ2v) is 7.14. The van der Waals surface area contributed by atoms with Crippen LogP contribution in [-0.2, 0) is 11.2 Å². The predicted octanol–water partition coefficient (Wildman–Crippen LogP) is 4.37. The number of benzene rings is 1. The van der Waals surface area contributed by atoms with Crippen LogP contribution in [0.5, 0.6) is 0 Å². The van der Waals surface area contributed by atoms with Gasteiger partial charge in [-0.2, -0.15) is 0 Å². The summed E-state index contributed by atoms with van der Waals surface area (Å²) in [5.41, 5.74) is 1.05. The zero-order valence-electron chi connectivity index (χ0n) is 13.5. The highest BCUT2D eigenvalue weighted by Gasteiger charge is 2.20. The molecule has 3 aromatic rings. The smallest absolute Gasteiger partial charge is 0.348 e. The lowest BCUT2D eigenvalue weighted by Gasteiger charge is -2.05. The Balaban J connectivity index is 2.06. The average molecular weight is 397 g/mol. The van der Waals surface area contributed by atoms with E-state index >= 15 is 0 Å². The number of carbonyl (C=O) groups is 1. The lowest BCUT2D eigenvalue weighted by Crippen LogP contribution is -2.12. The number of nitrogens with one attached hydrogen (secondary N) is 1. The highest BCUT2D eigenvalue weighted by Crippen LogP contribution is 2.29. The molecule has 0 unspecified atom stereocenters. The van der Waals surface area contributed by atoms with Crippen LogP contribution in [0.4, 0.5) is 0 Å². The predicted molar refractivity (Wildman–Crippen MR) is 100 cm³/mol. The molecule has 0 spiro atoms. The van der Waals surface area contributed by atoms with E-state index in [0.717, 1.165) is 16.9 Å². The molecule has 0 bridgehead atoms. The first-order valence-corrected chi connectivity index (χ1v) is 9.12. The molecule has 5 nitrogen and oxygen atoms in total. The minimum atomic E-state index is -0.443. The molecule has 25 heavy (non-hydrogen) atoms. The third kappa shape index (κ3) is 3.42. The maximum Gasteiger partial charge on any atom is 0.348 e. The fraction of sp³-hybridized carbons (Fsp3) is 0.235. The highest BCUT2D eigenvalue weighted by atomic mass is 35.5. The SMILES string of the molecule is CCOC(=O)c1sc2nc(Cc3cccc(Cl)c3Cl)[nH]c(=O)c2c1C. The van der Waals surface area contributed by atoms with Crippen molar-refractivity contribution in [2.45, 2.75) is 20.3 Å². The van der Waals surface area contributed by atoms with Crippen molar-refractivity contribution in [2.24, 2.45) is 0 Å². The Kier molecular flexibility index (Phi) is 5.13. The molecule has 0 saturated carbocycles. The maximum atomic E-state index is 12.5. The van der Waals surface area contributed by atoms with Gasteiger partial charge >= 0.3 is 5.97 Å². The molecule has 8 heteroatoms. The molecule has 1 aromatic carbocycles. The normalized spacial score (nSPS) is 11.0. The summed E-state index contributed by atoms with van der Waals surface area (Å²) in [7, 11) is 0. The Morgan fingerprint density at radius 3 is 2.84 bits per heavy atom. The van der Waals surface area contributed by atoms with Gasteiger partial charge in [-0.05, 0) is 31.0 Å². The minimum Gasteiger partial charge on any atom is -0.462 e. The number of carbonyl (C=O) groups excluding carboxylic acids is 1. The Morgan fingerprint density at radius 1 is 1.36 bits per heavy atom. The van der Waals surface area contributed by atoms with Gasteiger partial charge in [0.2, 0.25) is 0 Å². The minimum absolute atomic E-state index is 0.273. The van der Waals surface area contributed by atoms with E-state index in [1.807, 2.05) is 6.07 Å². The van der Waals surface area contributed by atoms with Gasteiger partial charge in [0.05, 0.1) is 22.0 Å². The van der Waals surface area contributed by atoms with Crippen molar-refractivity contribution in [3.8, 4) is 0 Å². The second kappa shape index (κ2) is 7.15. The Morgan fingerprint density at radius 2 is 2.12 bits per heavy atom. The molecule has 2 heterocycles. The van der Waals surface area contributed by atoms with Crippen molar-refractivity contribution < 1.29 is 9.53 Å². The Bertz CT molecular complexity index is 1030. The summed E-state index contributed by atoms with van der Waals surface area (Å²) in [5.74, 6) is 0.0140. The lowest BCUT2D eigenvalue weighted by atomic mass is 10.1. The summed E-state index contributed by atoms with van der Waals surface area (Å²) in [6.07, 6.45) is 0.330. The summed E-state index contributed by atoms with van der Waals surface area (Å²) in [5, 5.41) is 1.29. The zero-order chi connectivity index (χ0) is 18.1. The van der Waals surface area contributed by atoms with Crippen LogP contribution >= 0.6 is 34.5 Å². The fourth-order valence-electron chi connectivity index (χ4n) is 2.53. The van der Waals surface area contributed by atoms with E-state index in [0.29, 0.717) is 42.9 Å². The van der Waals surface area contributed by atoms with E-state index in [9.17, 15) is 9.59 Å². The number of H-pyrrole nitrogens is 1. The molecular weight excluding hydrogens is 383 g/mol. The third-order valence-corrected chi connectivity index (χ3v) is 5.72. The van der Waals surface area contributed by atoms with Crippen LogP contribution in [0.3, 0.4) is 0 Å². The maximum absolute atomic E-state index is 12.5. The van der Waals surface area contributed by atoms with Crippen molar-refractivity contribution in [3.05, 3.63) is 60.4 Å². The van der Waals surface area contributed by atoms with Crippen molar-refractivity contribution in [2.75, 3.05) is 6.61 Å².